The van der Waals surface area contributed by atoms with Crippen LogP contribution in [0, 0.1) is 0 Å². The van der Waals surface area contributed by atoms with Crippen molar-refractivity contribution in [3.8, 4) is 11.8 Å². The van der Waals surface area contributed by atoms with Crippen LogP contribution in [-0.2, 0) is 11.3 Å². The number of piperazine rings is 1. The van der Waals surface area contributed by atoms with Crippen molar-refractivity contribution in [3.63, 3.8) is 0 Å². The highest BCUT2D eigenvalue weighted by molar-refractivity contribution is 9.10. The molecule has 10 heteroatoms. The predicted molar refractivity (Wildman–Crippen MR) is 153 cm³/mol. The summed E-state index contributed by atoms with van der Waals surface area (Å²) < 4.78 is 18.5. The molecule has 2 aromatic carbocycles. The summed E-state index contributed by atoms with van der Waals surface area (Å²) >= 11 is 10.2. The van der Waals surface area contributed by atoms with Crippen molar-refractivity contribution in [2.45, 2.75) is 59.4 Å². The summed E-state index contributed by atoms with van der Waals surface area (Å²) in [6.07, 6.45) is -0.328. The van der Waals surface area contributed by atoms with Crippen molar-refractivity contribution < 1.29 is 19.0 Å². The Bertz CT molecular complexity index is 1300. The molecular weight excluding hydrogens is 572 g/mol. The number of fused-ring (bicyclic) bond motifs is 1. The number of hydrogen-bond acceptors (Lipinski definition) is 7. The minimum atomic E-state index is -0.499. The molecule has 0 N–H and O–H groups in total. The van der Waals surface area contributed by atoms with E-state index in [1.807, 2.05) is 77.9 Å². The van der Waals surface area contributed by atoms with Gasteiger partial charge < -0.3 is 24.0 Å². The van der Waals surface area contributed by atoms with Gasteiger partial charge in [0.15, 0.2) is 5.75 Å². The van der Waals surface area contributed by atoms with Crippen LogP contribution in [0.5, 0.6) is 11.8 Å². The molecule has 1 aromatic heterocycles. The number of benzene rings is 2. The van der Waals surface area contributed by atoms with Gasteiger partial charge in [-0.25, -0.2) is 4.79 Å². The van der Waals surface area contributed by atoms with Crippen molar-refractivity contribution in [2.75, 3.05) is 31.1 Å². The minimum absolute atomic E-state index is 0.244. The Labute approximate surface area is 237 Å². The molecule has 0 aliphatic carbocycles. The summed E-state index contributed by atoms with van der Waals surface area (Å²) in [7, 11) is 0. The summed E-state index contributed by atoms with van der Waals surface area (Å²) in [5, 5.41) is 1.24. The predicted octanol–water partition coefficient (Wildman–Crippen LogP) is 6.86. The number of rotatable bonds is 5. The maximum atomic E-state index is 12.7. The standard InChI is InChI=1S/C28H34BrClN4O4/c1-27(2,3)37-23-21(29)20(30)16-19-22(23)31-25(38-28(4,5)6)32-24(19)33-12-14-34(15-13-33)26(35)36-17-18-10-8-7-9-11-18/h7-11,16H,12-15,17H2,1-6H3. The molecule has 1 aliphatic rings. The van der Waals surface area contributed by atoms with E-state index in [9.17, 15) is 4.79 Å². The van der Waals surface area contributed by atoms with Gasteiger partial charge in [0, 0.05) is 31.6 Å². The first-order valence-corrected chi connectivity index (χ1v) is 13.8. The van der Waals surface area contributed by atoms with Crippen LogP contribution >= 0.6 is 27.5 Å². The summed E-state index contributed by atoms with van der Waals surface area (Å²) in [6, 6.07) is 11.7. The maximum Gasteiger partial charge on any atom is 0.410 e. The molecule has 1 saturated heterocycles. The largest absolute Gasteiger partial charge is 0.485 e. The van der Waals surface area contributed by atoms with Crippen LogP contribution in [0.2, 0.25) is 5.02 Å². The van der Waals surface area contributed by atoms with Crippen LogP contribution in [0.1, 0.15) is 47.1 Å². The highest BCUT2D eigenvalue weighted by atomic mass is 79.9. The number of hydrogen-bond donors (Lipinski definition) is 0. The molecular formula is C28H34BrClN4O4. The molecule has 204 valence electrons. The van der Waals surface area contributed by atoms with Crippen molar-refractivity contribution in [1.82, 2.24) is 14.9 Å². The van der Waals surface area contributed by atoms with E-state index in [1.54, 1.807) is 4.90 Å². The molecule has 1 amide bonds. The molecule has 0 atom stereocenters. The quantitative estimate of drug-likeness (QED) is 0.314. The van der Waals surface area contributed by atoms with Gasteiger partial charge in [-0.2, -0.15) is 9.97 Å². The maximum absolute atomic E-state index is 12.7. The van der Waals surface area contributed by atoms with E-state index in [-0.39, 0.29) is 18.7 Å². The fourth-order valence-corrected chi connectivity index (χ4v) is 4.60. The monoisotopic (exact) mass is 604 g/mol. The highest BCUT2D eigenvalue weighted by Crippen LogP contribution is 2.43. The van der Waals surface area contributed by atoms with E-state index in [4.69, 9.17) is 35.8 Å². The molecule has 0 spiro atoms. The van der Waals surface area contributed by atoms with E-state index in [2.05, 4.69) is 20.8 Å². The van der Waals surface area contributed by atoms with Gasteiger partial charge in [0.05, 0.1) is 9.50 Å². The minimum Gasteiger partial charge on any atom is -0.485 e. The molecule has 0 bridgehead atoms. The summed E-state index contributed by atoms with van der Waals surface area (Å²) in [5.74, 6) is 1.21. The lowest BCUT2D eigenvalue weighted by atomic mass is 10.1. The third-order valence-corrected chi connectivity index (χ3v) is 6.96. The van der Waals surface area contributed by atoms with Crippen molar-refractivity contribution in [1.29, 1.82) is 0 Å². The van der Waals surface area contributed by atoms with E-state index in [1.165, 1.54) is 0 Å². The number of amides is 1. The van der Waals surface area contributed by atoms with Gasteiger partial charge in [-0.15, -0.1) is 0 Å². The number of carbonyl (C=O) groups is 1. The molecule has 2 heterocycles. The molecule has 4 rings (SSSR count). The van der Waals surface area contributed by atoms with Gasteiger partial charge in [0.25, 0.3) is 0 Å². The molecule has 8 nitrogen and oxygen atoms in total. The van der Waals surface area contributed by atoms with E-state index in [0.717, 1.165) is 10.9 Å². The van der Waals surface area contributed by atoms with Crippen molar-refractivity contribution in [3.05, 3.63) is 51.5 Å². The number of aromatic nitrogens is 2. The number of carbonyl (C=O) groups excluding carboxylic acids is 1. The smallest absolute Gasteiger partial charge is 0.410 e. The molecule has 1 aliphatic heterocycles. The lowest BCUT2D eigenvalue weighted by Crippen LogP contribution is -2.49. The second-order valence-electron chi connectivity index (χ2n) is 11.2. The van der Waals surface area contributed by atoms with Crippen LogP contribution in [0.3, 0.4) is 0 Å². The topological polar surface area (TPSA) is 77.0 Å². The lowest BCUT2D eigenvalue weighted by Gasteiger charge is -2.35. The Morgan fingerprint density at radius 1 is 0.974 bits per heavy atom. The highest BCUT2D eigenvalue weighted by Gasteiger charge is 2.29. The van der Waals surface area contributed by atoms with Gasteiger partial charge in [-0.1, -0.05) is 41.9 Å². The Kier molecular flexibility index (Phi) is 8.28. The summed E-state index contributed by atoms with van der Waals surface area (Å²) in [6.45, 7) is 14.1. The molecule has 38 heavy (non-hydrogen) atoms. The SMILES string of the molecule is CC(C)(C)Oc1nc(N2CCN(C(=O)OCc3ccccc3)CC2)c2cc(Cl)c(Br)c(OC(C)(C)C)c2n1. The first kappa shape index (κ1) is 28.2. The summed E-state index contributed by atoms with van der Waals surface area (Å²) in [5.41, 5.74) is 0.572. The van der Waals surface area contributed by atoms with Gasteiger partial charge in [0.2, 0.25) is 0 Å². The van der Waals surface area contributed by atoms with Gasteiger partial charge in [-0.05, 0) is 69.1 Å². The summed E-state index contributed by atoms with van der Waals surface area (Å²) in [4.78, 5) is 26.1. The third-order valence-electron chi connectivity index (χ3n) is 5.65. The Balaban J connectivity index is 1.62. The van der Waals surface area contributed by atoms with Gasteiger partial charge in [-0.3, -0.25) is 0 Å². The zero-order valence-corrected chi connectivity index (χ0v) is 25.0. The van der Waals surface area contributed by atoms with E-state index in [0.29, 0.717) is 52.8 Å². The average molecular weight is 606 g/mol. The molecule has 0 saturated carbocycles. The van der Waals surface area contributed by atoms with Crippen LogP contribution < -0.4 is 14.4 Å². The molecule has 0 radical (unpaired) electrons. The molecule has 3 aromatic rings. The Morgan fingerprint density at radius 2 is 1.61 bits per heavy atom. The van der Waals surface area contributed by atoms with Crippen LogP contribution in [0.15, 0.2) is 40.9 Å². The molecule has 0 unspecified atom stereocenters. The second-order valence-corrected chi connectivity index (χ2v) is 12.4. The Hall–Kier alpha value is -2.78. The number of anilines is 1. The second kappa shape index (κ2) is 11.1. The van der Waals surface area contributed by atoms with E-state index < -0.39 is 11.2 Å². The normalized spacial score (nSPS) is 14.5. The van der Waals surface area contributed by atoms with Gasteiger partial charge >= 0.3 is 12.1 Å². The van der Waals surface area contributed by atoms with E-state index >= 15 is 0 Å². The van der Waals surface area contributed by atoms with Gasteiger partial charge in [0.1, 0.15) is 29.1 Å². The molecule has 1 fully saturated rings. The average Bonchev–Trinajstić information content (AvgIpc) is 2.84. The Morgan fingerprint density at radius 3 is 2.21 bits per heavy atom. The van der Waals surface area contributed by atoms with Crippen molar-refractivity contribution >= 4 is 50.3 Å². The first-order valence-electron chi connectivity index (χ1n) is 12.6. The zero-order valence-electron chi connectivity index (χ0n) is 22.7. The fourth-order valence-electron chi connectivity index (χ4n) is 4.02. The van der Waals surface area contributed by atoms with Crippen molar-refractivity contribution in [2.24, 2.45) is 0 Å². The lowest BCUT2D eigenvalue weighted by molar-refractivity contribution is 0.0939. The van der Waals surface area contributed by atoms with Crippen LogP contribution in [-0.4, -0.2) is 58.3 Å². The third kappa shape index (κ3) is 6.99. The number of nitrogens with zero attached hydrogens (tertiary/aromatic N) is 4. The first-order chi connectivity index (χ1) is 17.8. The van der Waals surface area contributed by atoms with Crippen LogP contribution in [0.25, 0.3) is 10.9 Å². The number of halogens is 2. The number of ether oxygens (including phenoxy) is 3. The zero-order chi connectivity index (χ0) is 27.7. The van der Waals surface area contributed by atoms with Crippen LogP contribution in [0.4, 0.5) is 10.6 Å². The fraction of sp³-hybridized carbons (Fsp3) is 0.464.